The Morgan fingerprint density at radius 2 is 2.05 bits per heavy atom. The van der Waals surface area contributed by atoms with Crippen LogP contribution in [0.2, 0.25) is 0 Å². The number of benzene rings is 1. The van der Waals surface area contributed by atoms with Crippen molar-refractivity contribution < 1.29 is 19.1 Å². The van der Waals surface area contributed by atoms with E-state index in [4.69, 9.17) is 4.74 Å². The maximum Gasteiger partial charge on any atom is 0.235 e. The molecule has 1 aromatic carbocycles. The van der Waals surface area contributed by atoms with E-state index in [1.54, 1.807) is 32.0 Å². The number of likely N-dealkylation sites (tertiary alicyclic amines) is 1. The van der Waals surface area contributed by atoms with E-state index in [9.17, 15) is 14.4 Å². The summed E-state index contributed by atoms with van der Waals surface area (Å²) in [4.78, 5) is 36.2. The summed E-state index contributed by atoms with van der Waals surface area (Å²) in [6, 6.07) is 4.93. The second-order valence-electron chi connectivity index (χ2n) is 5.53. The third-order valence-electron chi connectivity index (χ3n) is 3.49. The van der Waals surface area contributed by atoms with Crippen LogP contribution in [0, 0.1) is 5.41 Å². The molecule has 0 unspecified atom stereocenters. The first-order valence-corrected chi connectivity index (χ1v) is 6.36. The molecule has 5 heteroatoms. The van der Waals surface area contributed by atoms with Crippen LogP contribution in [0.25, 0.3) is 0 Å². The van der Waals surface area contributed by atoms with E-state index in [1.165, 1.54) is 12.0 Å². The number of hydrogen-bond donors (Lipinski definition) is 0. The number of methoxy groups -OCH3 is 1. The SMILES string of the molecule is COc1ccc(C=O)cc1CN1C(=O)CC(C)(C)C1=O. The zero-order valence-electron chi connectivity index (χ0n) is 11.8. The van der Waals surface area contributed by atoms with Crippen LogP contribution >= 0.6 is 0 Å². The number of ether oxygens (including phenoxy) is 1. The van der Waals surface area contributed by atoms with E-state index in [0.29, 0.717) is 16.9 Å². The first-order valence-electron chi connectivity index (χ1n) is 6.36. The van der Waals surface area contributed by atoms with Crippen LogP contribution < -0.4 is 4.74 Å². The smallest absolute Gasteiger partial charge is 0.235 e. The molecule has 5 nitrogen and oxygen atoms in total. The average molecular weight is 275 g/mol. The highest BCUT2D eigenvalue weighted by molar-refractivity contribution is 6.05. The summed E-state index contributed by atoms with van der Waals surface area (Å²) < 4.78 is 5.21. The van der Waals surface area contributed by atoms with E-state index in [0.717, 1.165) is 6.29 Å². The monoisotopic (exact) mass is 275 g/mol. The van der Waals surface area contributed by atoms with Gasteiger partial charge in [0, 0.05) is 17.5 Å². The van der Waals surface area contributed by atoms with Gasteiger partial charge in [-0.25, -0.2) is 0 Å². The van der Waals surface area contributed by atoms with Gasteiger partial charge in [-0.05, 0) is 18.2 Å². The number of aldehydes is 1. The van der Waals surface area contributed by atoms with Crippen molar-refractivity contribution >= 4 is 18.1 Å². The van der Waals surface area contributed by atoms with Crippen LogP contribution in [0.5, 0.6) is 5.75 Å². The highest BCUT2D eigenvalue weighted by atomic mass is 16.5. The number of carbonyl (C=O) groups excluding carboxylic acids is 3. The molecule has 0 saturated carbocycles. The maximum absolute atomic E-state index is 12.2. The molecule has 0 spiro atoms. The van der Waals surface area contributed by atoms with Gasteiger partial charge < -0.3 is 4.74 Å². The second kappa shape index (κ2) is 5.07. The molecule has 1 aliphatic rings. The predicted octanol–water partition coefficient (Wildman–Crippen LogP) is 1.79. The molecule has 1 saturated heterocycles. The number of carbonyl (C=O) groups is 3. The fourth-order valence-corrected chi connectivity index (χ4v) is 2.35. The van der Waals surface area contributed by atoms with E-state index in [-0.39, 0.29) is 24.8 Å². The standard InChI is InChI=1S/C15H17NO4/c1-15(2)7-13(18)16(14(15)19)8-11-6-10(9-17)4-5-12(11)20-3/h4-6,9H,7-8H2,1-3H3. The van der Waals surface area contributed by atoms with Gasteiger partial charge in [-0.1, -0.05) is 13.8 Å². The van der Waals surface area contributed by atoms with Gasteiger partial charge in [-0.15, -0.1) is 0 Å². The van der Waals surface area contributed by atoms with Gasteiger partial charge in [-0.3, -0.25) is 19.3 Å². The summed E-state index contributed by atoms with van der Waals surface area (Å²) in [5.41, 5.74) is 0.475. The number of nitrogens with zero attached hydrogens (tertiary/aromatic N) is 1. The third kappa shape index (κ3) is 2.43. The van der Waals surface area contributed by atoms with Gasteiger partial charge in [0.2, 0.25) is 11.8 Å². The lowest BCUT2D eigenvalue weighted by atomic mass is 9.92. The van der Waals surface area contributed by atoms with Crippen LogP contribution in [0.4, 0.5) is 0 Å². The van der Waals surface area contributed by atoms with Crippen LogP contribution in [-0.2, 0) is 16.1 Å². The lowest BCUT2D eigenvalue weighted by Crippen LogP contribution is -2.32. The third-order valence-corrected chi connectivity index (χ3v) is 3.49. The quantitative estimate of drug-likeness (QED) is 0.621. The van der Waals surface area contributed by atoms with Crippen molar-refractivity contribution in [1.82, 2.24) is 4.90 Å². The van der Waals surface area contributed by atoms with Crippen LogP contribution in [0.3, 0.4) is 0 Å². The Bertz CT molecular complexity index is 577. The average Bonchev–Trinajstić information content (AvgIpc) is 2.60. The molecule has 2 amide bonds. The molecule has 20 heavy (non-hydrogen) atoms. The highest BCUT2D eigenvalue weighted by Crippen LogP contribution is 2.33. The second-order valence-corrected chi connectivity index (χ2v) is 5.53. The zero-order valence-corrected chi connectivity index (χ0v) is 11.8. The zero-order chi connectivity index (χ0) is 14.9. The number of amides is 2. The van der Waals surface area contributed by atoms with Crippen molar-refractivity contribution in [3.05, 3.63) is 29.3 Å². The van der Waals surface area contributed by atoms with Gasteiger partial charge >= 0.3 is 0 Å². The van der Waals surface area contributed by atoms with Crippen molar-refractivity contribution in [2.24, 2.45) is 5.41 Å². The Balaban J connectivity index is 2.32. The van der Waals surface area contributed by atoms with Crippen molar-refractivity contribution in [3.8, 4) is 5.75 Å². The van der Waals surface area contributed by atoms with Crippen LogP contribution in [-0.4, -0.2) is 30.1 Å². The molecule has 0 aromatic heterocycles. The molecule has 2 rings (SSSR count). The largest absolute Gasteiger partial charge is 0.496 e. The molecule has 1 fully saturated rings. The number of imide groups is 1. The molecule has 1 heterocycles. The van der Waals surface area contributed by atoms with Crippen LogP contribution in [0.1, 0.15) is 36.2 Å². The topological polar surface area (TPSA) is 63.7 Å². The Kier molecular flexibility index (Phi) is 3.61. The molecular formula is C15H17NO4. The lowest BCUT2D eigenvalue weighted by Gasteiger charge is -2.19. The van der Waals surface area contributed by atoms with E-state index >= 15 is 0 Å². The minimum Gasteiger partial charge on any atom is -0.496 e. The summed E-state index contributed by atoms with van der Waals surface area (Å²) >= 11 is 0. The first kappa shape index (κ1) is 14.2. The summed E-state index contributed by atoms with van der Waals surface area (Å²) in [5, 5.41) is 0. The molecular weight excluding hydrogens is 258 g/mol. The summed E-state index contributed by atoms with van der Waals surface area (Å²) in [6.45, 7) is 3.64. The fourth-order valence-electron chi connectivity index (χ4n) is 2.35. The van der Waals surface area contributed by atoms with Gasteiger partial charge in [0.05, 0.1) is 19.1 Å². The first-order chi connectivity index (χ1) is 9.39. The minimum absolute atomic E-state index is 0.131. The Labute approximate surface area is 117 Å². The molecule has 1 aliphatic heterocycles. The molecule has 0 aliphatic carbocycles. The van der Waals surface area contributed by atoms with Crippen molar-refractivity contribution in [1.29, 1.82) is 0 Å². The van der Waals surface area contributed by atoms with Crippen molar-refractivity contribution in [2.75, 3.05) is 7.11 Å². The fraction of sp³-hybridized carbons (Fsp3) is 0.400. The normalized spacial score (nSPS) is 17.4. The Morgan fingerprint density at radius 3 is 2.55 bits per heavy atom. The Morgan fingerprint density at radius 1 is 1.35 bits per heavy atom. The molecule has 1 aromatic rings. The number of rotatable bonds is 4. The molecule has 0 radical (unpaired) electrons. The highest BCUT2D eigenvalue weighted by Gasteiger charge is 2.44. The van der Waals surface area contributed by atoms with Crippen molar-refractivity contribution in [2.45, 2.75) is 26.8 Å². The molecule has 0 atom stereocenters. The summed E-state index contributed by atoms with van der Waals surface area (Å²) in [6.07, 6.45) is 0.933. The van der Waals surface area contributed by atoms with E-state index < -0.39 is 5.41 Å². The molecule has 106 valence electrons. The van der Waals surface area contributed by atoms with E-state index in [2.05, 4.69) is 0 Å². The maximum atomic E-state index is 12.2. The summed E-state index contributed by atoms with van der Waals surface area (Å²) in [7, 11) is 1.51. The van der Waals surface area contributed by atoms with Gasteiger partial charge in [0.15, 0.2) is 0 Å². The van der Waals surface area contributed by atoms with Crippen LogP contribution in [0.15, 0.2) is 18.2 Å². The van der Waals surface area contributed by atoms with Crippen molar-refractivity contribution in [3.63, 3.8) is 0 Å². The minimum atomic E-state index is -0.660. The molecule has 0 N–H and O–H groups in total. The van der Waals surface area contributed by atoms with E-state index in [1.807, 2.05) is 0 Å². The Hall–Kier alpha value is -2.17. The van der Waals surface area contributed by atoms with Gasteiger partial charge in [-0.2, -0.15) is 0 Å². The lowest BCUT2D eigenvalue weighted by molar-refractivity contribution is -0.141. The summed E-state index contributed by atoms with van der Waals surface area (Å²) in [5.74, 6) is 0.167. The van der Waals surface area contributed by atoms with Gasteiger partial charge in [0.25, 0.3) is 0 Å². The molecule has 0 bridgehead atoms. The predicted molar refractivity (Wildman–Crippen MR) is 72.3 cm³/mol. The van der Waals surface area contributed by atoms with Gasteiger partial charge in [0.1, 0.15) is 12.0 Å². The number of hydrogen-bond acceptors (Lipinski definition) is 4.